The molecule has 0 saturated carbocycles. The first-order valence-electron chi connectivity index (χ1n) is 20.8. The number of nitrogens with one attached hydrogen (secondary N) is 1. The number of carbonyl (C=O) groups is 2. The number of ketones is 2. The molecule has 0 bridgehead atoms. The minimum Gasteiger partial charge on any atom is -0.452 e. The zero-order chi connectivity index (χ0) is 44.6. The molecule has 0 fully saturated rings. The maximum Gasteiger partial charge on any atom is 0.195 e. The number of hydrogen-bond acceptors (Lipinski definition) is 4. The molecule has 0 amide bonds. The van der Waals surface area contributed by atoms with E-state index in [0.29, 0.717) is 71.9 Å². The number of benzene rings is 4. The van der Waals surface area contributed by atoms with Crippen LogP contribution < -0.4 is 0 Å². The van der Waals surface area contributed by atoms with Crippen molar-refractivity contribution in [3.63, 3.8) is 0 Å². The summed E-state index contributed by atoms with van der Waals surface area (Å²) >= 11 is 0. The average molecular weight is 859 g/mol. The van der Waals surface area contributed by atoms with Crippen molar-refractivity contribution in [2.24, 2.45) is 0 Å². The SMILES string of the molecule is CC(=O)c1oc2c(-c3cc[nH]c3)cc(F)cc2c1Cc1cccc(F)c1.CC(=O)c1oc2c(-c3ccn([Si](C(C)C)(C(C)C)C(C)C)c3)cc(F)cc2c1Cc1cccc(F)c1. The van der Waals surface area contributed by atoms with Gasteiger partial charge in [-0.3, -0.25) is 9.59 Å². The molecule has 0 aliphatic heterocycles. The van der Waals surface area contributed by atoms with Crippen LogP contribution in [0.4, 0.5) is 17.6 Å². The summed E-state index contributed by atoms with van der Waals surface area (Å²) < 4.78 is 71.1. The van der Waals surface area contributed by atoms with Crippen molar-refractivity contribution in [1.29, 1.82) is 0 Å². The van der Waals surface area contributed by atoms with E-state index in [1.54, 1.807) is 42.7 Å². The van der Waals surface area contributed by atoms with E-state index in [9.17, 15) is 22.8 Å². The summed E-state index contributed by atoms with van der Waals surface area (Å²) in [5.41, 5.74) is 7.79. The largest absolute Gasteiger partial charge is 0.452 e. The molecule has 0 aliphatic rings. The van der Waals surface area contributed by atoms with E-state index in [2.05, 4.69) is 63.2 Å². The van der Waals surface area contributed by atoms with Crippen LogP contribution in [0.1, 0.15) is 98.8 Å². The third-order valence-electron chi connectivity index (χ3n) is 12.0. The Bertz CT molecular complexity index is 2900. The Morgan fingerprint density at radius 3 is 1.48 bits per heavy atom. The van der Waals surface area contributed by atoms with Gasteiger partial charge < -0.3 is 18.1 Å². The monoisotopic (exact) mass is 858 g/mol. The molecule has 8 rings (SSSR count). The number of Topliss-reactive ketones (excluding diaryl/α,β-unsaturated/α-hetero) is 2. The van der Waals surface area contributed by atoms with Crippen molar-refractivity contribution in [3.05, 3.63) is 167 Å². The van der Waals surface area contributed by atoms with Gasteiger partial charge in [0.1, 0.15) is 34.4 Å². The third-order valence-corrected chi connectivity index (χ3v) is 18.7. The molecule has 4 heterocycles. The summed E-state index contributed by atoms with van der Waals surface area (Å²) in [6.45, 7) is 16.7. The highest BCUT2D eigenvalue weighted by molar-refractivity contribution is 6.82. The maximum atomic E-state index is 15.0. The van der Waals surface area contributed by atoms with Crippen LogP contribution in [0.5, 0.6) is 0 Å². The Labute approximate surface area is 359 Å². The summed E-state index contributed by atoms with van der Waals surface area (Å²) in [6.07, 6.45) is 8.26. The lowest BCUT2D eigenvalue weighted by atomic mass is 9.98. The number of aromatic nitrogens is 2. The van der Waals surface area contributed by atoms with E-state index in [1.807, 2.05) is 6.07 Å². The second kappa shape index (κ2) is 17.6. The minimum absolute atomic E-state index is 0.173. The number of rotatable bonds is 12. The van der Waals surface area contributed by atoms with Crippen LogP contribution in [0.15, 0.2) is 119 Å². The number of carbonyl (C=O) groups excluding carboxylic acids is 2. The molecule has 11 heteroatoms. The molecule has 1 N–H and O–H groups in total. The van der Waals surface area contributed by atoms with E-state index in [4.69, 9.17) is 8.83 Å². The van der Waals surface area contributed by atoms with Crippen LogP contribution >= 0.6 is 0 Å². The van der Waals surface area contributed by atoms with Crippen LogP contribution in [0.2, 0.25) is 16.6 Å². The molecular formula is C51H50F4N2O4Si. The van der Waals surface area contributed by atoms with Gasteiger partial charge in [0.25, 0.3) is 0 Å². The number of aromatic amines is 1. The number of hydrogen-bond donors (Lipinski definition) is 1. The van der Waals surface area contributed by atoms with Gasteiger partial charge in [0.15, 0.2) is 31.3 Å². The number of halogens is 4. The molecule has 62 heavy (non-hydrogen) atoms. The molecule has 0 aliphatic carbocycles. The molecule has 320 valence electrons. The standard InChI is InChI=1S/C30H35F2NO2Si.C21H15F2NO2/c1-18(2)36(19(3)4,20(5)6)33-12-11-23(17-33)26-15-25(32)16-28-27(29(21(7)34)35-30(26)28)14-22-9-8-10-24(31)13-22;1-12(25)20-18(8-13-3-2-4-15(22)7-13)19-10-16(23)9-17(21(19)26-20)14-5-6-24-11-14/h8-13,15-20H,14H2,1-7H3;2-7,9-11,24H,8H2,1H3. The Kier molecular flexibility index (Phi) is 12.5. The lowest BCUT2D eigenvalue weighted by molar-refractivity contribution is 0.0980. The summed E-state index contributed by atoms with van der Waals surface area (Å²) in [5, 5.41) is 1.07. The molecule has 4 aromatic carbocycles. The van der Waals surface area contributed by atoms with Crippen LogP contribution in [0.25, 0.3) is 44.2 Å². The van der Waals surface area contributed by atoms with Gasteiger partial charge in [0, 0.05) is 89.4 Å². The molecule has 8 aromatic rings. The maximum absolute atomic E-state index is 15.0. The van der Waals surface area contributed by atoms with Gasteiger partial charge in [-0.1, -0.05) is 65.8 Å². The fourth-order valence-electron chi connectivity index (χ4n) is 9.66. The van der Waals surface area contributed by atoms with E-state index in [1.165, 1.54) is 62.4 Å². The molecular weight excluding hydrogens is 809 g/mol. The Hall–Kier alpha value is -6.20. The fraction of sp³-hybridized carbons (Fsp3) is 0.255. The Balaban J connectivity index is 0.000000196. The van der Waals surface area contributed by atoms with Crippen LogP contribution in [0.3, 0.4) is 0 Å². The second-order valence-corrected chi connectivity index (χ2v) is 22.7. The van der Waals surface area contributed by atoms with E-state index < -0.39 is 19.9 Å². The molecule has 0 radical (unpaired) electrons. The highest BCUT2D eigenvalue weighted by Gasteiger charge is 2.45. The smallest absolute Gasteiger partial charge is 0.195 e. The van der Waals surface area contributed by atoms with Gasteiger partial charge in [-0.2, -0.15) is 0 Å². The van der Waals surface area contributed by atoms with E-state index >= 15 is 4.39 Å². The fourth-order valence-corrected chi connectivity index (χ4v) is 16.1. The van der Waals surface area contributed by atoms with Crippen molar-refractivity contribution >= 4 is 41.7 Å². The van der Waals surface area contributed by atoms with Gasteiger partial charge in [0.2, 0.25) is 0 Å². The number of furan rings is 2. The molecule has 0 saturated heterocycles. The van der Waals surface area contributed by atoms with Crippen LogP contribution in [-0.4, -0.2) is 29.0 Å². The quantitative estimate of drug-likeness (QED) is 0.0754. The van der Waals surface area contributed by atoms with E-state index in [-0.39, 0.29) is 47.6 Å². The van der Waals surface area contributed by atoms with Crippen LogP contribution in [0, 0.1) is 23.3 Å². The molecule has 0 atom stereocenters. The molecule has 0 unspecified atom stereocenters. The first kappa shape index (κ1) is 43.9. The first-order valence-corrected chi connectivity index (χ1v) is 23.0. The topological polar surface area (TPSA) is 81.1 Å². The van der Waals surface area contributed by atoms with Crippen LogP contribution in [-0.2, 0) is 12.8 Å². The van der Waals surface area contributed by atoms with Gasteiger partial charge in [-0.25, -0.2) is 17.6 Å². The minimum atomic E-state index is -1.97. The predicted octanol–water partition coefficient (Wildman–Crippen LogP) is 14.5. The second-order valence-electron chi connectivity index (χ2n) is 17.0. The normalized spacial score (nSPS) is 11.9. The highest BCUT2D eigenvalue weighted by atomic mass is 28.3. The summed E-state index contributed by atoms with van der Waals surface area (Å²) in [6, 6.07) is 21.8. The zero-order valence-electron chi connectivity index (χ0n) is 36.1. The summed E-state index contributed by atoms with van der Waals surface area (Å²) in [5.74, 6) is -1.68. The van der Waals surface area contributed by atoms with Gasteiger partial charge in [-0.15, -0.1) is 0 Å². The lowest BCUT2D eigenvalue weighted by Gasteiger charge is -2.44. The van der Waals surface area contributed by atoms with Crippen molar-refractivity contribution in [2.75, 3.05) is 0 Å². The lowest BCUT2D eigenvalue weighted by Crippen LogP contribution is -2.51. The van der Waals surface area contributed by atoms with Gasteiger partial charge in [-0.05, 0) is 94.6 Å². The number of fused-ring (bicyclic) bond motifs is 2. The molecule has 4 aromatic heterocycles. The zero-order valence-corrected chi connectivity index (χ0v) is 37.1. The third kappa shape index (κ3) is 8.38. The molecule has 0 spiro atoms. The average Bonchev–Trinajstić information content (AvgIpc) is 4.02. The first-order chi connectivity index (χ1) is 29.5. The summed E-state index contributed by atoms with van der Waals surface area (Å²) in [7, 11) is -1.97. The highest BCUT2D eigenvalue weighted by Crippen LogP contribution is 2.44. The number of H-pyrrole nitrogens is 1. The van der Waals surface area contributed by atoms with Gasteiger partial charge >= 0.3 is 0 Å². The summed E-state index contributed by atoms with van der Waals surface area (Å²) in [4.78, 5) is 27.6. The van der Waals surface area contributed by atoms with Crippen molar-refractivity contribution in [2.45, 2.75) is 84.9 Å². The Morgan fingerprint density at radius 2 is 1.08 bits per heavy atom. The van der Waals surface area contributed by atoms with Crippen molar-refractivity contribution in [3.8, 4) is 22.3 Å². The van der Waals surface area contributed by atoms with Gasteiger partial charge in [0.05, 0.1) is 0 Å². The predicted molar refractivity (Wildman–Crippen MR) is 240 cm³/mol. The van der Waals surface area contributed by atoms with Crippen molar-refractivity contribution < 1.29 is 36.0 Å². The number of nitrogens with zero attached hydrogens (tertiary/aromatic N) is 1. The van der Waals surface area contributed by atoms with Crippen molar-refractivity contribution in [1.82, 2.24) is 9.22 Å². The Morgan fingerprint density at radius 1 is 0.613 bits per heavy atom. The van der Waals surface area contributed by atoms with E-state index in [0.717, 1.165) is 11.1 Å². The molecule has 6 nitrogen and oxygen atoms in total.